The number of aryl methyl sites for hydroxylation is 1. The van der Waals surface area contributed by atoms with Gasteiger partial charge >= 0.3 is 0 Å². The van der Waals surface area contributed by atoms with E-state index in [1.54, 1.807) is 12.5 Å². The molecular formula is C14H21N5O. The lowest BCUT2D eigenvalue weighted by Gasteiger charge is -2.20. The number of pyridine rings is 1. The Morgan fingerprint density at radius 1 is 1.30 bits per heavy atom. The first-order valence-electron chi connectivity index (χ1n) is 6.60. The van der Waals surface area contributed by atoms with Crippen molar-refractivity contribution in [1.82, 2.24) is 25.1 Å². The van der Waals surface area contributed by atoms with Crippen molar-refractivity contribution in [2.45, 2.75) is 39.5 Å². The van der Waals surface area contributed by atoms with Gasteiger partial charge < -0.3 is 14.6 Å². The van der Waals surface area contributed by atoms with Crippen molar-refractivity contribution < 1.29 is 4.74 Å². The number of nitrogens with zero attached hydrogens (tertiary/aromatic N) is 4. The monoisotopic (exact) mass is 275 g/mol. The van der Waals surface area contributed by atoms with Gasteiger partial charge in [-0.25, -0.2) is 0 Å². The maximum absolute atomic E-state index is 5.63. The van der Waals surface area contributed by atoms with E-state index in [0.717, 1.165) is 23.8 Å². The van der Waals surface area contributed by atoms with E-state index < -0.39 is 0 Å². The van der Waals surface area contributed by atoms with E-state index in [-0.39, 0.29) is 5.54 Å². The Labute approximate surface area is 119 Å². The second-order valence-corrected chi connectivity index (χ2v) is 5.74. The third-order valence-electron chi connectivity index (χ3n) is 2.77. The predicted octanol–water partition coefficient (Wildman–Crippen LogP) is 1.68. The quantitative estimate of drug-likeness (QED) is 0.899. The molecule has 6 nitrogen and oxygen atoms in total. The molecule has 0 bridgehead atoms. The number of hydrogen-bond acceptors (Lipinski definition) is 5. The van der Waals surface area contributed by atoms with Crippen molar-refractivity contribution in [2.24, 2.45) is 7.05 Å². The van der Waals surface area contributed by atoms with Crippen LogP contribution in [0.4, 0.5) is 0 Å². The minimum Gasteiger partial charge on any atom is -0.484 e. The zero-order valence-corrected chi connectivity index (χ0v) is 12.4. The molecule has 2 rings (SSSR count). The molecule has 108 valence electrons. The van der Waals surface area contributed by atoms with E-state index in [4.69, 9.17) is 4.74 Å². The molecule has 0 radical (unpaired) electrons. The zero-order chi connectivity index (χ0) is 14.6. The van der Waals surface area contributed by atoms with E-state index in [2.05, 4.69) is 41.3 Å². The summed E-state index contributed by atoms with van der Waals surface area (Å²) in [6.07, 6.45) is 3.38. The van der Waals surface area contributed by atoms with Crippen molar-refractivity contribution in [3.05, 3.63) is 36.2 Å². The van der Waals surface area contributed by atoms with Gasteiger partial charge in [0.2, 0.25) is 0 Å². The van der Waals surface area contributed by atoms with Gasteiger partial charge in [-0.2, -0.15) is 0 Å². The Morgan fingerprint density at radius 3 is 2.65 bits per heavy atom. The van der Waals surface area contributed by atoms with Gasteiger partial charge in [0.15, 0.2) is 5.82 Å². The molecule has 0 spiro atoms. The zero-order valence-electron chi connectivity index (χ0n) is 12.4. The molecule has 2 aromatic rings. The number of nitrogens with one attached hydrogen (secondary N) is 1. The van der Waals surface area contributed by atoms with Gasteiger partial charge in [0.1, 0.15) is 18.7 Å². The smallest absolute Gasteiger partial charge is 0.170 e. The largest absolute Gasteiger partial charge is 0.484 e. The highest BCUT2D eigenvalue weighted by molar-refractivity contribution is 5.20. The fraction of sp³-hybridized carbons (Fsp3) is 0.500. The van der Waals surface area contributed by atoms with Crippen molar-refractivity contribution >= 4 is 0 Å². The van der Waals surface area contributed by atoms with E-state index in [9.17, 15) is 0 Å². The van der Waals surface area contributed by atoms with Crippen LogP contribution in [0.15, 0.2) is 24.7 Å². The minimum absolute atomic E-state index is 0.0854. The molecule has 6 heteroatoms. The Balaban J connectivity index is 1.87. The van der Waals surface area contributed by atoms with E-state index >= 15 is 0 Å². The van der Waals surface area contributed by atoms with Gasteiger partial charge in [-0.3, -0.25) is 4.98 Å². The second kappa shape index (κ2) is 6.00. The lowest BCUT2D eigenvalue weighted by atomic mass is 10.1. The van der Waals surface area contributed by atoms with Gasteiger partial charge in [-0.15, -0.1) is 10.2 Å². The fourth-order valence-corrected chi connectivity index (χ4v) is 1.54. The lowest BCUT2D eigenvalue weighted by molar-refractivity contribution is 0.290. The molecule has 20 heavy (non-hydrogen) atoms. The molecule has 0 aliphatic rings. The molecule has 0 unspecified atom stereocenters. The standard InChI is InChI=1S/C14H21N5O/c1-14(2,3)16-7-11-5-6-12(8-15-11)20-9-13-18-17-10-19(13)4/h5-6,8,10,16H,7,9H2,1-4H3. The summed E-state index contributed by atoms with van der Waals surface area (Å²) < 4.78 is 7.45. The van der Waals surface area contributed by atoms with Gasteiger partial charge in [-0.05, 0) is 32.9 Å². The van der Waals surface area contributed by atoms with Crippen LogP contribution in [-0.2, 0) is 20.2 Å². The Bertz CT molecular complexity index is 541. The molecule has 0 atom stereocenters. The van der Waals surface area contributed by atoms with E-state index in [0.29, 0.717) is 6.61 Å². The predicted molar refractivity (Wildman–Crippen MR) is 76.2 cm³/mol. The fourth-order valence-electron chi connectivity index (χ4n) is 1.54. The van der Waals surface area contributed by atoms with Crippen LogP contribution in [0.1, 0.15) is 32.3 Å². The van der Waals surface area contributed by atoms with Crippen LogP contribution in [0.5, 0.6) is 5.75 Å². The van der Waals surface area contributed by atoms with Crippen molar-refractivity contribution in [2.75, 3.05) is 0 Å². The van der Waals surface area contributed by atoms with Gasteiger partial charge in [0.25, 0.3) is 0 Å². The van der Waals surface area contributed by atoms with Crippen molar-refractivity contribution in [1.29, 1.82) is 0 Å². The van der Waals surface area contributed by atoms with E-state index in [1.807, 2.05) is 23.7 Å². The molecule has 1 N–H and O–H groups in total. The molecule has 0 amide bonds. The highest BCUT2D eigenvalue weighted by Gasteiger charge is 2.09. The summed E-state index contributed by atoms with van der Waals surface area (Å²) in [5.74, 6) is 1.51. The molecule has 0 aliphatic carbocycles. The summed E-state index contributed by atoms with van der Waals surface area (Å²) in [4.78, 5) is 4.37. The van der Waals surface area contributed by atoms with E-state index in [1.165, 1.54) is 0 Å². The van der Waals surface area contributed by atoms with Crippen LogP contribution in [0, 0.1) is 0 Å². The van der Waals surface area contributed by atoms with Crippen LogP contribution < -0.4 is 10.1 Å². The topological polar surface area (TPSA) is 64.9 Å². The second-order valence-electron chi connectivity index (χ2n) is 5.74. The summed E-state index contributed by atoms with van der Waals surface area (Å²) in [7, 11) is 1.89. The van der Waals surface area contributed by atoms with Crippen molar-refractivity contribution in [3.63, 3.8) is 0 Å². The molecule has 0 saturated carbocycles. The first-order valence-corrected chi connectivity index (χ1v) is 6.60. The third-order valence-corrected chi connectivity index (χ3v) is 2.77. The molecular weight excluding hydrogens is 254 g/mol. The van der Waals surface area contributed by atoms with Crippen LogP contribution in [0.2, 0.25) is 0 Å². The van der Waals surface area contributed by atoms with Crippen LogP contribution in [0.25, 0.3) is 0 Å². The van der Waals surface area contributed by atoms with Gasteiger partial charge in [0.05, 0.1) is 11.9 Å². The molecule has 2 aromatic heterocycles. The molecule has 0 aromatic carbocycles. The Morgan fingerprint density at radius 2 is 2.10 bits per heavy atom. The third kappa shape index (κ3) is 4.31. The van der Waals surface area contributed by atoms with Crippen LogP contribution in [0.3, 0.4) is 0 Å². The first kappa shape index (κ1) is 14.5. The average Bonchev–Trinajstić information content (AvgIpc) is 2.80. The number of ether oxygens (including phenoxy) is 1. The molecule has 2 heterocycles. The highest BCUT2D eigenvalue weighted by atomic mass is 16.5. The lowest BCUT2D eigenvalue weighted by Crippen LogP contribution is -2.35. The van der Waals surface area contributed by atoms with Crippen molar-refractivity contribution in [3.8, 4) is 5.75 Å². The van der Waals surface area contributed by atoms with Gasteiger partial charge in [0, 0.05) is 19.1 Å². The summed E-state index contributed by atoms with van der Waals surface area (Å²) in [5, 5.41) is 11.2. The SMILES string of the molecule is Cn1cnnc1COc1ccc(CNC(C)(C)C)nc1. The summed E-state index contributed by atoms with van der Waals surface area (Å²) in [5.41, 5.74) is 1.08. The molecule has 0 saturated heterocycles. The maximum Gasteiger partial charge on any atom is 0.170 e. The minimum atomic E-state index is 0.0854. The maximum atomic E-state index is 5.63. The Kier molecular flexibility index (Phi) is 4.34. The number of rotatable bonds is 5. The summed E-state index contributed by atoms with van der Waals surface area (Å²) in [6.45, 7) is 7.52. The van der Waals surface area contributed by atoms with Crippen LogP contribution in [-0.4, -0.2) is 25.3 Å². The summed E-state index contributed by atoms with van der Waals surface area (Å²) in [6, 6.07) is 3.88. The first-order chi connectivity index (χ1) is 9.44. The summed E-state index contributed by atoms with van der Waals surface area (Å²) >= 11 is 0. The van der Waals surface area contributed by atoms with Gasteiger partial charge in [-0.1, -0.05) is 0 Å². The normalized spacial score (nSPS) is 11.6. The Hall–Kier alpha value is -1.95. The molecule has 0 aliphatic heterocycles. The highest BCUT2D eigenvalue weighted by Crippen LogP contribution is 2.11. The molecule has 0 fully saturated rings. The van der Waals surface area contributed by atoms with Crippen LogP contribution >= 0.6 is 0 Å². The number of aromatic nitrogens is 4. The average molecular weight is 275 g/mol. The number of hydrogen-bond donors (Lipinski definition) is 1.